The van der Waals surface area contributed by atoms with E-state index in [-0.39, 0.29) is 0 Å². The lowest BCUT2D eigenvalue weighted by Gasteiger charge is -2.16. The van der Waals surface area contributed by atoms with E-state index in [1.54, 1.807) is 32.0 Å². The van der Waals surface area contributed by atoms with Crippen LogP contribution in [-0.2, 0) is 0 Å². The van der Waals surface area contributed by atoms with E-state index in [4.69, 9.17) is 15.0 Å². The molecular formula is C16H26N2O2S. The van der Waals surface area contributed by atoms with Crippen LogP contribution in [0.25, 0.3) is 0 Å². The summed E-state index contributed by atoms with van der Waals surface area (Å²) in [6.45, 7) is 4.48. The quantitative estimate of drug-likeness (QED) is 0.447. The second kappa shape index (κ2) is 9.66. The minimum Gasteiger partial charge on any atom is -0.495 e. The first-order chi connectivity index (χ1) is 10.2. The third-order valence-corrected chi connectivity index (χ3v) is 4.87. The molecule has 0 aliphatic rings. The van der Waals surface area contributed by atoms with Gasteiger partial charge in [-0.2, -0.15) is 5.11 Å². The Labute approximate surface area is 132 Å². The monoisotopic (exact) mass is 310 g/mol. The summed E-state index contributed by atoms with van der Waals surface area (Å²) in [5.41, 5.74) is 7.69. The highest BCUT2D eigenvalue weighted by Crippen LogP contribution is 2.40. The van der Waals surface area contributed by atoms with Crippen molar-refractivity contribution in [3.05, 3.63) is 12.1 Å². The Morgan fingerprint density at radius 3 is 2.43 bits per heavy atom. The van der Waals surface area contributed by atoms with Crippen molar-refractivity contribution >= 4 is 17.4 Å². The van der Waals surface area contributed by atoms with Gasteiger partial charge in [0.05, 0.1) is 19.1 Å². The van der Waals surface area contributed by atoms with Gasteiger partial charge < -0.3 is 9.47 Å². The minimum absolute atomic E-state index is 0.497. The number of benzene rings is 1. The van der Waals surface area contributed by atoms with Gasteiger partial charge in [0.2, 0.25) is 0 Å². The van der Waals surface area contributed by atoms with Crippen LogP contribution in [-0.4, -0.2) is 20.0 Å². The highest BCUT2D eigenvalue weighted by molar-refractivity contribution is 7.99. The molecule has 0 radical (unpaired) electrons. The molecule has 1 N–H and O–H groups in total. The summed E-state index contributed by atoms with van der Waals surface area (Å²) in [7, 11) is 3.25. The molecule has 0 heterocycles. The summed E-state index contributed by atoms with van der Waals surface area (Å²) in [6.07, 6.45) is 5.01. The summed E-state index contributed by atoms with van der Waals surface area (Å²) in [5.74, 6) is 3.19. The lowest BCUT2D eigenvalue weighted by molar-refractivity contribution is 0.394. The fourth-order valence-electron chi connectivity index (χ4n) is 2.16. The smallest absolute Gasteiger partial charge is 0.147 e. The normalized spacial score (nSPS) is 12.0. The largest absolute Gasteiger partial charge is 0.495 e. The number of ether oxygens (including phenoxy) is 2. The molecule has 0 aliphatic heterocycles. The molecule has 1 atom stereocenters. The number of methoxy groups -OCH3 is 2. The van der Waals surface area contributed by atoms with Gasteiger partial charge in [-0.3, -0.25) is 0 Å². The van der Waals surface area contributed by atoms with E-state index in [0.717, 1.165) is 22.3 Å². The van der Waals surface area contributed by atoms with Gasteiger partial charge in [-0.25, -0.2) is 5.53 Å². The summed E-state index contributed by atoms with van der Waals surface area (Å²) in [5, 5.41) is 3.48. The third-order valence-electron chi connectivity index (χ3n) is 3.60. The van der Waals surface area contributed by atoms with Crippen LogP contribution in [0.2, 0.25) is 0 Å². The van der Waals surface area contributed by atoms with Crippen LogP contribution in [0.3, 0.4) is 0 Å². The van der Waals surface area contributed by atoms with Gasteiger partial charge in [0.25, 0.3) is 0 Å². The van der Waals surface area contributed by atoms with Crippen LogP contribution in [0.1, 0.15) is 39.5 Å². The molecule has 0 saturated carbocycles. The van der Waals surface area contributed by atoms with Gasteiger partial charge in [-0.05, 0) is 18.4 Å². The number of nitrogens with zero attached hydrogens (tertiary/aromatic N) is 1. The number of thioether (sulfide) groups is 1. The summed E-state index contributed by atoms with van der Waals surface area (Å²) in [6, 6.07) is 3.69. The molecule has 0 saturated heterocycles. The standard InChI is InChI=1S/C16H26N2O2S/c1-5-7-8-12(6-2)11-21-16-10-14(19-3)13(18-17)9-15(16)20-4/h9-10,12,17H,5-8,11H2,1-4H3. The summed E-state index contributed by atoms with van der Waals surface area (Å²) < 4.78 is 10.7. The maximum absolute atomic E-state index is 7.19. The van der Waals surface area contributed by atoms with Crippen molar-refractivity contribution in [2.24, 2.45) is 11.0 Å². The molecular weight excluding hydrogens is 284 g/mol. The molecule has 0 amide bonds. The molecule has 0 bridgehead atoms. The van der Waals surface area contributed by atoms with Crippen LogP contribution in [0.5, 0.6) is 11.5 Å². The Bertz CT molecular complexity index is 452. The summed E-state index contributed by atoms with van der Waals surface area (Å²) >= 11 is 1.80. The molecule has 118 valence electrons. The molecule has 1 unspecified atom stereocenters. The Balaban J connectivity index is 2.83. The zero-order valence-corrected chi connectivity index (χ0v) is 14.3. The van der Waals surface area contributed by atoms with E-state index in [9.17, 15) is 0 Å². The first-order valence-electron chi connectivity index (χ1n) is 7.46. The number of unbranched alkanes of at least 4 members (excludes halogenated alkanes) is 1. The number of hydrogen-bond acceptors (Lipinski definition) is 5. The van der Waals surface area contributed by atoms with Gasteiger partial charge in [0, 0.05) is 11.8 Å². The first-order valence-corrected chi connectivity index (χ1v) is 8.44. The third kappa shape index (κ3) is 5.23. The van der Waals surface area contributed by atoms with Gasteiger partial charge in [0.1, 0.15) is 17.2 Å². The predicted octanol–water partition coefficient (Wildman–Crippen LogP) is 5.67. The zero-order chi connectivity index (χ0) is 15.7. The van der Waals surface area contributed by atoms with E-state index < -0.39 is 0 Å². The number of rotatable bonds is 10. The molecule has 0 spiro atoms. The zero-order valence-electron chi connectivity index (χ0n) is 13.4. The maximum atomic E-state index is 7.19. The summed E-state index contributed by atoms with van der Waals surface area (Å²) in [4.78, 5) is 1.05. The highest BCUT2D eigenvalue weighted by atomic mass is 32.2. The van der Waals surface area contributed by atoms with Gasteiger partial charge >= 0.3 is 0 Å². The fraction of sp³-hybridized carbons (Fsp3) is 0.625. The second-order valence-electron chi connectivity index (χ2n) is 5.01. The van der Waals surface area contributed by atoms with Crippen LogP contribution in [0, 0.1) is 11.4 Å². The lowest BCUT2D eigenvalue weighted by Crippen LogP contribution is -2.02. The van der Waals surface area contributed by atoms with Crippen molar-refractivity contribution < 1.29 is 9.47 Å². The molecule has 5 heteroatoms. The molecule has 1 rings (SSSR count). The maximum Gasteiger partial charge on any atom is 0.147 e. The SMILES string of the molecule is CCCCC(CC)CSc1cc(OC)c(N=N)cc1OC. The van der Waals surface area contributed by atoms with Crippen molar-refractivity contribution in [2.75, 3.05) is 20.0 Å². The van der Waals surface area contributed by atoms with Crippen LogP contribution in [0.4, 0.5) is 5.69 Å². The fourth-order valence-corrected chi connectivity index (χ4v) is 3.45. The number of hydrogen-bond donors (Lipinski definition) is 1. The minimum atomic E-state index is 0.497. The molecule has 21 heavy (non-hydrogen) atoms. The average molecular weight is 310 g/mol. The van der Waals surface area contributed by atoms with Crippen LogP contribution >= 0.6 is 11.8 Å². The van der Waals surface area contributed by atoms with Crippen molar-refractivity contribution in [1.29, 1.82) is 5.53 Å². The van der Waals surface area contributed by atoms with Crippen molar-refractivity contribution in [1.82, 2.24) is 0 Å². The van der Waals surface area contributed by atoms with E-state index in [2.05, 4.69) is 19.0 Å². The molecule has 0 aromatic heterocycles. The molecule has 4 nitrogen and oxygen atoms in total. The topological polar surface area (TPSA) is 54.7 Å². The van der Waals surface area contributed by atoms with Crippen LogP contribution < -0.4 is 9.47 Å². The van der Waals surface area contributed by atoms with Crippen molar-refractivity contribution in [3.8, 4) is 11.5 Å². The first kappa shape index (κ1) is 17.8. The predicted molar refractivity (Wildman–Crippen MR) is 88.4 cm³/mol. The second-order valence-corrected chi connectivity index (χ2v) is 6.08. The Morgan fingerprint density at radius 2 is 1.90 bits per heavy atom. The van der Waals surface area contributed by atoms with Crippen molar-refractivity contribution in [2.45, 2.75) is 44.4 Å². The molecule has 1 aromatic rings. The van der Waals surface area contributed by atoms with Gasteiger partial charge in [-0.1, -0.05) is 33.1 Å². The Kier molecular flexibility index (Phi) is 8.20. The molecule has 0 fully saturated rings. The Hall–Kier alpha value is -1.23. The Morgan fingerprint density at radius 1 is 1.19 bits per heavy atom. The average Bonchev–Trinajstić information content (AvgIpc) is 2.54. The lowest BCUT2D eigenvalue weighted by atomic mass is 10.0. The highest BCUT2D eigenvalue weighted by Gasteiger charge is 2.14. The molecule has 0 aliphatic carbocycles. The van der Waals surface area contributed by atoms with Gasteiger partial charge in [-0.15, -0.1) is 11.8 Å². The van der Waals surface area contributed by atoms with Crippen molar-refractivity contribution in [3.63, 3.8) is 0 Å². The van der Waals surface area contributed by atoms with Crippen LogP contribution in [0.15, 0.2) is 22.1 Å². The van der Waals surface area contributed by atoms with E-state index in [1.807, 2.05) is 6.07 Å². The number of nitrogens with one attached hydrogen (secondary N) is 1. The van der Waals surface area contributed by atoms with E-state index >= 15 is 0 Å². The van der Waals surface area contributed by atoms with E-state index in [1.165, 1.54) is 25.7 Å². The van der Waals surface area contributed by atoms with E-state index in [0.29, 0.717) is 11.4 Å². The molecule has 1 aromatic carbocycles. The van der Waals surface area contributed by atoms with Gasteiger partial charge in [0.15, 0.2) is 0 Å².